The molecule has 1 aromatic rings. The van der Waals surface area contributed by atoms with Crippen LogP contribution in [-0.2, 0) is 11.2 Å². The second-order valence-corrected chi connectivity index (χ2v) is 4.31. The van der Waals surface area contributed by atoms with Crippen LogP contribution in [0.4, 0.5) is 0 Å². The van der Waals surface area contributed by atoms with Crippen molar-refractivity contribution in [3.8, 4) is 0 Å². The topological polar surface area (TPSA) is 62.2 Å². The van der Waals surface area contributed by atoms with E-state index in [0.29, 0.717) is 12.8 Å². The van der Waals surface area contributed by atoms with Gasteiger partial charge in [0.05, 0.1) is 12.1 Å². The molecule has 2 rings (SSSR count). The number of hydrogen-bond donors (Lipinski definition) is 2. The van der Waals surface area contributed by atoms with Crippen molar-refractivity contribution < 1.29 is 9.90 Å². The molecule has 4 nitrogen and oxygen atoms in total. The summed E-state index contributed by atoms with van der Waals surface area (Å²) in [6.07, 6.45) is 4.58. The van der Waals surface area contributed by atoms with E-state index in [4.69, 9.17) is 5.11 Å². The highest BCUT2D eigenvalue weighted by Crippen LogP contribution is 2.34. The molecule has 0 aliphatic heterocycles. The first-order chi connectivity index (χ1) is 7.74. The monoisotopic (exact) mass is 220 g/mol. The van der Waals surface area contributed by atoms with Crippen LogP contribution in [-0.4, -0.2) is 28.1 Å². The molecule has 1 fully saturated rings. The summed E-state index contributed by atoms with van der Waals surface area (Å²) in [6, 6.07) is 5.68. The van der Waals surface area contributed by atoms with Gasteiger partial charge in [-0.2, -0.15) is 0 Å². The summed E-state index contributed by atoms with van der Waals surface area (Å²) in [4.78, 5) is 15.7. The maximum Gasteiger partial charge on any atom is 0.220 e. The molecule has 0 saturated heterocycles. The van der Waals surface area contributed by atoms with Gasteiger partial charge >= 0.3 is 0 Å². The van der Waals surface area contributed by atoms with Gasteiger partial charge in [-0.1, -0.05) is 6.07 Å². The van der Waals surface area contributed by atoms with E-state index < -0.39 is 0 Å². The predicted octanol–water partition coefficient (Wildman–Crippen LogP) is 0.655. The van der Waals surface area contributed by atoms with Crippen LogP contribution in [0.15, 0.2) is 24.4 Å². The number of hydrogen-bond acceptors (Lipinski definition) is 3. The largest absolute Gasteiger partial charge is 0.394 e. The molecule has 0 aromatic carbocycles. The molecular formula is C12H16N2O2. The number of carbonyl (C=O) groups is 1. The van der Waals surface area contributed by atoms with Crippen molar-refractivity contribution in [2.75, 3.05) is 6.61 Å². The van der Waals surface area contributed by atoms with Gasteiger partial charge in [0.15, 0.2) is 0 Å². The van der Waals surface area contributed by atoms with Gasteiger partial charge in [0.25, 0.3) is 0 Å². The molecule has 1 aliphatic carbocycles. The smallest absolute Gasteiger partial charge is 0.220 e. The van der Waals surface area contributed by atoms with Crippen LogP contribution in [0.1, 0.15) is 25.0 Å². The Morgan fingerprint density at radius 1 is 1.50 bits per heavy atom. The van der Waals surface area contributed by atoms with Crippen LogP contribution in [0.5, 0.6) is 0 Å². The number of pyridine rings is 1. The Labute approximate surface area is 94.7 Å². The molecule has 1 heterocycles. The summed E-state index contributed by atoms with van der Waals surface area (Å²) in [5.41, 5.74) is 0.618. The van der Waals surface area contributed by atoms with Crippen molar-refractivity contribution in [3.05, 3.63) is 30.1 Å². The molecular weight excluding hydrogens is 204 g/mol. The number of carbonyl (C=O) groups excluding carboxylic acids is 1. The van der Waals surface area contributed by atoms with Gasteiger partial charge in [-0.15, -0.1) is 0 Å². The number of aryl methyl sites for hydroxylation is 1. The number of nitrogens with one attached hydrogen (secondary N) is 1. The zero-order chi connectivity index (χ0) is 11.4. The third-order valence-corrected chi connectivity index (χ3v) is 2.90. The van der Waals surface area contributed by atoms with Gasteiger partial charge in [-0.25, -0.2) is 0 Å². The van der Waals surface area contributed by atoms with Gasteiger partial charge in [0, 0.05) is 18.3 Å². The van der Waals surface area contributed by atoms with E-state index in [1.807, 2.05) is 18.2 Å². The van der Waals surface area contributed by atoms with Crippen molar-refractivity contribution in [2.24, 2.45) is 0 Å². The van der Waals surface area contributed by atoms with Crippen molar-refractivity contribution in [1.29, 1.82) is 0 Å². The first-order valence-corrected chi connectivity index (χ1v) is 5.56. The minimum Gasteiger partial charge on any atom is -0.394 e. The number of nitrogens with zero attached hydrogens (tertiary/aromatic N) is 1. The molecule has 1 saturated carbocycles. The highest BCUT2D eigenvalue weighted by Gasteiger charge is 2.43. The van der Waals surface area contributed by atoms with Crippen molar-refractivity contribution >= 4 is 5.91 Å². The molecule has 2 N–H and O–H groups in total. The Kier molecular flexibility index (Phi) is 3.19. The molecule has 0 radical (unpaired) electrons. The Balaban J connectivity index is 1.76. The van der Waals surface area contributed by atoms with E-state index in [1.165, 1.54) is 0 Å². The van der Waals surface area contributed by atoms with Crippen LogP contribution in [0.3, 0.4) is 0 Å². The van der Waals surface area contributed by atoms with E-state index in [9.17, 15) is 4.79 Å². The van der Waals surface area contributed by atoms with Crippen LogP contribution >= 0.6 is 0 Å². The SMILES string of the molecule is O=C(CCc1ccccn1)NC1(CO)CC1. The van der Waals surface area contributed by atoms with Crippen molar-refractivity contribution in [3.63, 3.8) is 0 Å². The molecule has 0 atom stereocenters. The molecule has 1 aliphatic rings. The average molecular weight is 220 g/mol. The first-order valence-electron chi connectivity index (χ1n) is 5.56. The summed E-state index contributed by atoms with van der Waals surface area (Å²) in [5.74, 6) is -0.00259. The minimum atomic E-state index is -0.304. The van der Waals surface area contributed by atoms with E-state index in [1.54, 1.807) is 6.20 Å². The second kappa shape index (κ2) is 4.61. The zero-order valence-corrected chi connectivity index (χ0v) is 9.15. The highest BCUT2D eigenvalue weighted by atomic mass is 16.3. The quantitative estimate of drug-likeness (QED) is 0.766. The van der Waals surface area contributed by atoms with E-state index in [-0.39, 0.29) is 18.1 Å². The van der Waals surface area contributed by atoms with Crippen LogP contribution in [0, 0.1) is 0 Å². The Morgan fingerprint density at radius 3 is 2.88 bits per heavy atom. The Bertz CT molecular complexity index is 361. The maximum absolute atomic E-state index is 11.6. The summed E-state index contributed by atoms with van der Waals surface area (Å²) >= 11 is 0. The average Bonchev–Trinajstić information content (AvgIpc) is 3.08. The number of aliphatic hydroxyl groups is 1. The van der Waals surface area contributed by atoms with Crippen LogP contribution in [0.2, 0.25) is 0 Å². The molecule has 1 aromatic heterocycles. The maximum atomic E-state index is 11.6. The lowest BCUT2D eigenvalue weighted by molar-refractivity contribution is -0.122. The lowest BCUT2D eigenvalue weighted by Crippen LogP contribution is -2.39. The first kappa shape index (κ1) is 11.1. The third-order valence-electron chi connectivity index (χ3n) is 2.90. The summed E-state index contributed by atoms with van der Waals surface area (Å²) in [7, 11) is 0. The van der Waals surface area contributed by atoms with Crippen molar-refractivity contribution in [2.45, 2.75) is 31.2 Å². The summed E-state index contributed by atoms with van der Waals surface area (Å²) < 4.78 is 0. The molecule has 0 bridgehead atoms. The van der Waals surface area contributed by atoms with Gasteiger partial charge in [-0.05, 0) is 31.4 Å². The molecule has 16 heavy (non-hydrogen) atoms. The molecule has 86 valence electrons. The van der Waals surface area contributed by atoms with E-state index >= 15 is 0 Å². The van der Waals surface area contributed by atoms with E-state index in [0.717, 1.165) is 18.5 Å². The lowest BCUT2D eigenvalue weighted by atomic mass is 10.2. The number of aliphatic hydroxyl groups excluding tert-OH is 1. The van der Waals surface area contributed by atoms with Gasteiger partial charge in [0.1, 0.15) is 0 Å². The summed E-state index contributed by atoms with van der Waals surface area (Å²) in [6.45, 7) is 0.0440. The normalized spacial score (nSPS) is 16.8. The number of rotatable bonds is 5. The van der Waals surface area contributed by atoms with Crippen LogP contribution < -0.4 is 5.32 Å². The van der Waals surface area contributed by atoms with Crippen LogP contribution in [0.25, 0.3) is 0 Å². The van der Waals surface area contributed by atoms with Gasteiger partial charge in [0.2, 0.25) is 5.91 Å². The Hall–Kier alpha value is -1.42. The Morgan fingerprint density at radius 2 is 2.31 bits per heavy atom. The molecule has 4 heteroatoms. The highest BCUT2D eigenvalue weighted by molar-refractivity contribution is 5.77. The fraction of sp³-hybridized carbons (Fsp3) is 0.500. The van der Waals surface area contributed by atoms with Gasteiger partial charge in [-0.3, -0.25) is 9.78 Å². The van der Waals surface area contributed by atoms with Gasteiger partial charge < -0.3 is 10.4 Å². The number of amides is 1. The standard InChI is InChI=1S/C12H16N2O2/c15-9-12(6-7-12)14-11(16)5-4-10-3-1-2-8-13-10/h1-3,8,15H,4-7,9H2,(H,14,16). The molecule has 0 spiro atoms. The fourth-order valence-electron chi connectivity index (χ4n) is 1.62. The van der Waals surface area contributed by atoms with E-state index in [2.05, 4.69) is 10.3 Å². The predicted molar refractivity (Wildman–Crippen MR) is 59.8 cm³/mol. The van der Waals surface area contributed by atoms with Crippen molar-refractivity contribution in [1.82, 2.24) is 10.3 Å². The molecule has 1 amide bonds. The second-order valence-electron chi connectivity index (χ2n) is 4.31. The number of aromatic nitrogens is 1. The fourth-order valence-corrected chi connectivity index (χ4v) is 1.62. The molecule has 0 unspecified atom stereocenters. The zero-order valence-electron chi connectivity index (χ0n) is 9.15. The lowest BCUT2D eigenvalue weighted by Gasteiger charge is -2.13. The third kappa shape index (κ3) is 2.79. The minimum absolute atomic E-state index is 0.00259. The summed E-state index contributed by atoms with van der Waals surface area (Å²) in [5, 5.41) is 11.9.